The lowest BCUT2D eigenvalue weighted by Crippen LogP contribution is -2.62. The molecule has 0 aliphatic carbocycles. The topological polar surface area (TPSA) is 157 Å². The number of sulfonamides is 1. The Bertz CT molecular complexity index is 1410. The van der Waals surface area contributed by atoms with E-state index in [1.165, 1.54) is 18.0 Å². The van der Waals surface area contributed by atoms with E-state index in [1.807, 2.05) is 51.1 Å². The molecule has 4 N–H and O–H groups in total. The van der Waals surface area contributed by atoms with Gasteiger partial charge in [0.2, 0.25) is 34.2 Å². The van der Waals surface area contributed by atoms with E-state index in [0.29, 0.717) is 12.8 Å². The standard InChI is InChI=1S/C34H54F2N6O6S/c1-10-23-17-19-42(27(23)30(44)38-24(20-26(35)36)29(43)37-18-16-22-14-12-11-13-15-22)31(45)28(34(5,6)7)40-32(46)39-25(33(2,3)4)21-41(8)49(9,47)48/h10-15,23-28H,1,16-21H2,2-9H3,(H,37,43)(H,38,44)(H2,39,40,46)/t23?,24-,25+,27-,28+/m0/s1. The zero-order chi connectivity index (χ0) is 37.3. The minimum Gasteiger partial charge on any atom is -0.354 e. The summed E-state index contributed by atoms with van der Waals surface area (Å²) >= 11 is 0. The molecule has 12 nitrogen and oxygen atoms in total. The third kappa shape index (κ3) is 12.7. The fraction of sp³-hybridized carbons (Fsp3) is 0.647. The Morgan fingerprint density at radius 1 is 1.02 bits per heavy atom. The van der Waals surface area contributed by atoms with E-state index >= 15 is 0 Å². The van der Waals surface area contributed by atoms with Crippen LogP contribution in [0.5, 0.6) is 0 Å². The molecule has 0 saturated carbocycles. The van der Waals surface area contributed by atoms with Gasteiger partial charge in [-0.05, 0) is 29.2 Å². The molecule has 49 heavy (non-hydrogen) atoms. The van der Waals surface area contributed by atoms with Crippen molar-refractivity contribution in [3.63, 3.8) is 0 Å². The summed E-state index contributed by atoms with van der Waals surface area (Å²) in [6.07, 6.45) is -0.414. The number of nitrogens with zero attached hydrogens (tertiary/aromatic N) is 2. The van der Waals surface area contributed by atoms with E-state index in [-0.39, 0.29) is 19.6 Å². The molecule has 5 atom stereocenters. The summed E-state index contributed by atoms with van der Waals surface area (Å²) in [6, 6.07) is 4.08. The number of likely N-dealkylation sites (tertiary alicyclic amines) is 1. The average Bonchev–Trinajstić information content (AvgIpc) is 3.42. The fourth-order valence-electron chi connectivity index (χ4n) is 5.48. The van der Waals surface area contributed by atoms with Crippen molar-refractivity contribution < 1.29 is 36.4 Å². The number of carbonyl (C=O) groups is 4. The molecular formula is C34H54F2N6O6S. The van der Waals surface area contributed by atoms with E-state index in [4.69, 9.17) is 0 Å². The summed E-state index contributed by atoms with van der Waals surface area (Å²) in [5, 5.41) is 10.6. The van der Waals surface area contributed by atoms with E-state index < -0.39 is 87.5 Å². The average molecular weight is 713 g/mol. The van der Waals surface area contributed by atoms with Gasteiger partial charge in [-0.15, -0.1) is 6.58 Å². The molecule has 1 heterocycles. The zero-order valence-corrected chi connectivity index (χ0v) is 30.7. The molecule has 15 heteroatoms. The third-order valence-electron chi connectivity index (χ3n) is 8.65. The van der Waals surface area contributed by atoms with Gasteiger partial charge in [0.25, 0.3) is 0 Å². The predicted octanol–water partition coefficient (Wildman–Crippen LogP) is 2.91. The number of likely N-dealkylation sites (N-methyl/N-ethyl adjacent to an activating group) is 1. The van der Waals surface area contributed by atoms with Crippen LogP contribution in [0.2, 0.25) is 0 Å². The molecule has 276 valence electrons. The lowest BCUT2D eigenvalue weighted by atomic mass is 9.85. The molecule has 1 aromatic rings. The highest BCUT2D eigenvalue weighted by Crippen LogP contribution is 2.30. The first-order valence-electron chi connectivity index (χ1n) is 16.4. The second kappa shape index (κ2) is 17.4. The van der Waals surface area contributed by atoms with Crippen LogP contribution in [0.15, 0.2) is 43.0 Å². The Balaban J connectivity index is 2.26. The first-order chi connectivity index (χ1) is 22.6. The van der Waals surface area contributed by atoms with Gasteiger partial charge in [0.15, 0.2) is 0 Å². The summed E-state index contributed by atoms with van der Waals surface area (Å²) in [5.74, 6) is -2.67. The number of hydrogen-bond donors (Lipinski definition) is 4. The van der Waals surface area contributed by atoms with Crippen molar-refractivity contribution in [3.8, 4) is 0 Å². The van der Waals surface area contributed by atoms with Crippen LogP contribution < -0.4 is 21.3 Å². The normalized spacial score (nSPS) is 18.8. The van der Waals surface area contributed by atoms with Crippen molar-refractivity contribution in [1.82, 2.24) is 30.5 Å². The van der Waals surface area contributed by atoms with Crippen molar-refractivity contribution in [1.29, 1.82) is 0 Å². The molecule has 0 aromatic heterocycles. The Morgan fingerprint density at radius 2 is 1.63 bits per heavy atom. The second-order valence-corrected chi connectivity index (χ2v) is 16.8. The Morgan fingerprint density at radius 3 is 2.14 bits per heavy atom. The van der Waals surface area contributed by atoms with E-state index in [1.54, 1.807) is 20.8 Å². The van der Waals surface area contributed by atoms with Crippen molar-refractivity contribution >= 4 is 33.8 Å². The van der Waals surface area contributed by atoms with Crippen molar-refractivity contribution in [2.24, 2.45) is 16.7 Å². The van der Waals surface area contributed by atoms with Gasteiger partial charge in [-0.3, -0.25) is 14.4 Å². The number of urea groups is 1. The molecule has 0 spiro atoms. The van der Waals surface area contributed by atoms with Gasteiger partial charge in [-0.1, -0.05) is 78.0 Å². The van der Waals surface area contributed by atoms with Crippen LogP contribution in [0.4, 0.5) is 13.6 Å². The van der Waals surface area contributed by atoms with Crippen LogP contribution in [0, 0.1) is 16.7 Å². The van der Waals surface area contributed by atoms with Gasteiger partial charge < -0.3 is 26.2 Å². The highest BCUT2D eigenvalue weighted by atomic mass is 32.2. The van der Waals surface area contributed by atoms with Crippen LogP contribution in [0.1, 0.15) is 59.9 Å². The van der Waals surface area contributed by atoms with Crippen LogP contribution in [0.25, 0.3) is 0 Å². The number of benzene rings is 1. The lowest BCUT2D eigenvalue weighted by molar-refractivity contribution is -0.143. The number of alkyl halides is 2. The summed E-state index contributed by atoms with van der Waals surface area (Å²) < 4.78 is 52.4. The van der Waals surface area contributed by atoms with Crippen molar-refractivity contribution in [3.05, 3.63) is 48.6 Å². The van der Waals surface area contributed by atoms with E-state index in [0.717, 1.165) is 16.1 Å². The van der Waals surface area contributed by atoms with Gasteiger partial charge in [0.05, 0.1) is 6.26 Å². The van der Waals surface area contributed by atoms with Gasteiger partial charge in [0, 0.05) is 45.1 Å². The van der Waals surface area contributed by atoms with E-state index in [2.05, 4.69) is 27.8 Å². The number of carbonyl (C=O) groups excluding carboxylic acids is 4. The molecule has 2 rings (SSSR count). The predicted molar refractivity (Wildman–Crippen MR) is 185 cm³/mol. The number of nitrogens with one attached hydrogen (secondary N) is 4. The molecule has 1 fully saturated rings. The Labute approximate surface area is 289 Å². The third-order valence-corrected chi connectivity index (χ3v) is 9.93. The number of hydrogen-bond acceptors (Lipinski definition) is 6. The van der Waals surface area contributed by atoms with Crippen molar-refractivity contribution in [2.75, 3.05) is 32.9 Å². The summed E-state index contributed by atoms with van der Waals surface area (Å²) in [6.45, 7) is 14.8. The molecule has 0 radical (unpaired) electrons. The maximum absolute atomic E-state index is 14.2. The van der Waals surface area contributed by atoms with Gasteiger partial charge in [-0.2, -0.15) is 0 Å². The number of amides is 5. The number of halogens is 2. The van der Waals surface area contributed by atoms with E-state index in [9.17, 15) is 36.4 Å². The first-order valence-corrected chi connectivity index (χ1v) is 18.2. The largest absolute Gasteiger partial charge is 0.354 e. The van der Waals surface area contributed by atoms with Crippen molar-refractivity contribution in [2.45, 2.75) is 91.4 Å². The second-order valence-electron chi connectivity index (χ2n) is 14.8. The van der Waals surface area contributed by atoms with Gasteiger partial charge in [-0.25, -0.2) is 26.3 Å². The van der Waals surface area contributed by atoms with Crippen LogP contribution in [0.3, 0.4) is 0 Å². The molecule has 5 amide bonds. The molecule has 1 saturated heterocycles. The zero-order valence-electron chi connectivity index (χ0n) is 29.9. The molecular weight excluding hydrogens is 658 g/mol. The molecule has 1 aliphatic rings. The molecule has 1 aromatic carbocycles. The Kier molecular flexibility index (Phi) is 14.7. The molecule has 0 bridgehead atoms. The smallest absolute Gasteiger partial charge is 0.315 e. The van der Waals surface area contributed by atoms with Gasteiger partial charge >= 0.3 is 6.03 Å². The van der Waals surface area contributed by atoms with Crippen LogP contribution >= 0.6 is 0 Å². The molecule has 1 unspecified atom stereocenters. The lowest BCUT2D eigenvalue weighted by Gasteiger charge is -2.38. The first kappa shape index (κ1) is 41.6. The van der Waals surface area contributed by atoms with Crippen LogP contribution in [-0.2, 0) is 30.8 Å². The summed E-state index contributed by atoms with van der Waals surface area (Å²) in [7, 11) is -2.13. The monoisotopic (exact) mass is 712 g/mol. The SMILES string of the molecule is C=CC1CCN(C(=O)[C@@H](NC(=O)N[C@H](CN(C)S(C)(=O)=O)C(C)(C)C)C(C)(C)C)[C@@H]1C(=O)N[C@@H](CC(F)F)C(=O)NCCc1ccccc1. The quantitative estimate of drug-likeness (QED) is 0.205. The minimum atomic E-state index is -3.54. The number of rotatable bonds is 15. The molecule has 1 aliphatic heterocycles. The summed E-state index contributed by atoms with van der Waals surface area (Å²) in [5.41, 5.74) is -0.466. The highest BCUT2D eigenvalue weighted by Gasteiger charge is 2.46. The fourth-order valence-corrected chi connectivity index (χ4v) is 5.90. The Hall–Kier alpha value is -3.59. The summed E-state index contributed by atoms with van der Waals surface area (Å²) in [4.78, 5) is 55.5. The van der Waals surface area contributed by atoms with Crippen LogP contribution in [-0.4, -0.2) is 105 Å². The minimum absolute atomic E-state index is 0.0150. The highest BCUT2D eigenvalue weighted by molar-refractivity contribution is 7.88. The van der Waals surface area contributed by atoms with Gasteiger partial charge in [0.1, 0.15) is 18.1 Å². The maximum Gasteiger partial charge on any atom is 0.315 e. The maximum atomic E-state index is 14.2.